The minimum Gasteiger partial charge on any atom is -0.464 e. The molecule has 0 bridgehead atoms. The minimum absolute atomic E-state index is 0.0845. The molecule has 0 aliphatic heterocycles. The predicted octanol–water partition coefficient (Wildman–Crippen LogP) is 5.29. The molecule has 6 heteroatoms. The van der Waals surface area contributed by atoms with Crippen molar-refractivity contribution in [3.63, 3.8) is 0 Å². The molecule has 0 fully saturated rings. The van der Waals surface area contributed by atoms with E-state index in [-0.39, 0.29) is 12.3 Å². The van der Waals surface area contributed by atoms with E-state index in [1.165, 1.54) is 11.5 Å². The number of hydrogen-bond donors (Lipinski definition) is 1. The van der Waals surface area contributed by atoms with Gasteiger partial charge in [0.25, 0.3) is 0 Å². The normalized spacial score (nSPS) is 11.1. The highest BCUT2D eigenvalue weighted by atomic mass is 32.1. The van der Waals surface area contributed by atoms with Crippen molar-refractivity contribution in [2.45, 2.75) is 6.42 Å². The molecule has 0 unspecified atom stereocenters. The fourth-order valence-corrected chi connectivity index (χ4v) is 3.86. The van der Waals surface area contributed by atoms with Crippen molar-refractivity contribution in [2.75, 3.05) is 5.32 Å². The molecular weight excluding hydrogens is 370 g/mol. The van der Waals surface area contributed by atoms with Crippen LogP contribution in [0.25, 0.3) is 33.0 Å². The van der Waals surface area contributed by atoms with Crippen molar-refractivity contribution >= 4 is 44.9 Å². The molecule has 0 aliphatic rings. The van der Waals surface area contributed by atoms with Gasteiger partial charge in [0.05, 0.1) is 12.7 Å². The molecular formula is C22H15N3O2S. The van der Waals surface area contributed by atoms with Gasteiger partial charge < -0.3 is 9.73 Å². The first kappa shape index (κ1) is 16.6. The number of rotatable bonds is 4. The summed E-state index contributed by atoms with van der Waals surface area (Å²) in [6.45, 7) is 0. The number of carbonyl (C=O) groups is 1. The molecule has 2 aromatic heterocycles. The lowest BCUT2D eigenvalue weighted by molar-refractivity contribution is -0.115. The Morgan fingerprint density at radius 2 is 1.89 bits per heavy atom. The van der Waals surface area contributed by atoms with Crippen LogP contribution in [0.4, 0.5) is 5.69 Å². The van der Waals surface area contributed by atoms with Crippen molar-refractivity contribution in [3.8, 4) is 11.3 Å². The van der Waals surface area contributed by atoms with E-state index in [0.29, 0.717) is 0 Å². The number of nitrogens with zero attached hydrogens (tertiary/aromatic N) is 2. The predicted molar refractivity (Wildman–Crippen MR) is 111 cm³/mol. The number of hydrogen-bond acceptors (Lipinski definition) is 5. The van der Waals surface area contributed by atoms with E-state index in [2.05, 4.69) is 27.0 Å². The maximum atomic E-state index is 12.6. The van der Waals surface area contributed by atoms with E-state index < -0.39 is 0 Å². The SMILES string of the molecule is O=C(Cc1coc2ccc3ccccc3c12)Nc1ccc(-c2csnn2)cc1. The first-order valence-electron chi connectivity index (χ1n) is 8.83. The molecule has 2 heterocycles. The second-order valence-corrected chi connectivity index (χ2v) is 7.12. The number of anilines is 1. The first-order valence-corrected chi connectivity index (χ1v) is 9.67. The Labute approximate surface area is 164 Å². The number of furan rings is 1. The third-order valence-corrected chi connectivity index (χ3v) is 5.22. The van der Waals surface area contributed by atoms with Gasteiger partial charge in [0, 0.05) is 27.6 Å². The van der Waals surface area contributed by atoms with Gasteiger partial charge in [0.1, 0.15) is 11.3 Å². The lowest BCUT2D eigenvalue weighted by atomic mass is 10.0. The van der Waals surface area contributed by atoms with Crippen molar-refractivity contribution < 1.29 is 9.21 Å². The van der Waals surface area contributed by atoms with E-state index in [4.69, 9.17) is 4.42 Å². The molecule has 0 saturated heterocycles. The summed E-state index contributed by atoms with van der Waals surface area (Å²) in [6, 6.07) is 19.7. The summed E-state index contributed by atoms with van der Waals surface area (Å²) >= 11 is 1.31. The number of nitrogens with one attached hydrogen (secondary N) is 1. The van der Waals surface area contributed by atoms with E-state index in [9.17, 15) is 4.79 Å². The maximum Gasteiger partial charge on any atom is 0.228 e. The Kier molecular flexibility index (Phi) is 4.10. The van der Waals surface area contributed by atoms with Crippen molar-refractivity contribution in [1.82, 2.24) is 9.59 Å². The quantitative estimate of drug-likeness (QED) is 0.457. The summed E-state index contributed by atoms with van der Waals surface area (Å²) in [6.07, 6.45) is 1.92. The van der Waals surface area contributed by atoms with Crippen LogP contribution in [-0.4, -0.2) is 15.5 Å². The second-order valence-electron chi connectivity index (χ2n) is 6.51. The van der Waals surface area contributed by atoms with E-state index >= 15 is 0 Å². The van der Waals surface area contributed by atoms with Gasteiger partial charge >= 0.3 is 0 Å². The van der Waals surface area contributed by atoms with E-state index in [0.717, 1.165) is 44.2 Å². The van der Waals surface area contributed by atoms with Crippen LogP contribution in [0.2, 0.25) is 0 Å². The Bertz CT molecular complexity index is 1270. The monoisotopic (exact) mass is 385 g/mol. The van der Waals surface area contributed by atoms with Gasteiger partial charge in [-0.25, -0.2) is 0 Å². The van der Waals surface area contributed by atoms with Gasteiger partial charge in [0.15, 0.2) is 0 Å². The highest BCUT2D eigenvalue weighted by Crippen LogP contribution is 2.30. The average Bonchev–Trinajstić information content (AvgIpc) is 3.39. The van der Waals surface area contributed by atoms with Gasteiger partial charge in [-0.15, -0.1) is 5.10 Å². The van der Waals surface area contributed by atoms with Crippen LogP contribution >= 0.6 is 11.5 Å². The Morgan fingerprint density at radius 3 is 2.71 bits per heavy atom. The molecule has 0 radical (unpaired) electrons. The molecule has 1 amide bonds. The molecule has 5 rings (SSSR count). The zero-order valence-corrected chi connectivity index (χ0v) is 15.6. The molecule has 0 spiro atoms. The van der Waals surface area contributed by atoms with Gasteiger partial charge in [-0.1, -0.05) is 47.0 Å². The van der Waals surface area contributed by atoms with Crippen molar-refractivity contribution in [1.29, 1.82) is 0 Å². The number of aromatic nitrogens is 2. The van der Waals surface area contributed by atoms with Crippen LogP contribution in [0, 0.1) is 0 Å². The van der Waals surface area contributed by atoms with Crippen LogP contribution in [0.15, 0.2) is 76.7 Å². The molecule has 0 atom stereocenters. The highest BCUT2D eigenvalue weighted by molar-refractivity contribution is 7.03. The Morgan fingerprint density at radius 1 is 1.04 bits per heavy atom. The summed E-state index contributed by atoms with van der Waals surface area (Å²) in [5.41, 5.74) is 4.23. The Balaban J connectivity index is 1.38. The number of fused-ring (bicyclic) bond motifs is 3. The fourth-order valence-electron chi connectivity index (χ4n) is 3.40. The molecule has 28 heavy (non-hydrogen) atoms. The minimum atomic E-state index is -0.0845. The van der Waals surface area contributed by atoms with Crippen molar-refractivity contribution in [3.05, 3.63) is 77.9 Å². The zero-order chi connectivity index (χ0) is 18.9. The summed E-state index contributed by atoms with van der Waals surface area (Å²) in [5.74, 6) is -0.0845. The topological polar surface area (TPSA) is 68.0 Å². The van der Waals surface area contributed by atoms with Crippen LogP contribution in [-0.2, 0) is 11.2 Å². The Hall–Kier alpha value is -3.51. The third-order valence-electron chi connectivity index (χ3n) is 4.72. The lowest BCUT2D eigenvalue weighted by Crippen LogP contribution is -2.14. The standard InChI is InChI=1S/C22H15N3O2S/c26-21(23-17-8-5-15(6-9-17)19-13-28-25-24-19)11-16-12-27-20-10-7-14-3-1-2-4-18(14)22(16)20/h1-10,12-13H,11H2,(H,23,26). The maximum absolute atomic E-state index is 12.6. The fraction of sp³-hybridized carbons (Fsp3) is 0.0455. The third kappa shape index (κ3) is 3.04. The highest BCUT2D eigenvalue weighted by Gasteiger charge is 2.13. The molecule has 3 aromatic carbocycles. The van der Waals surface area contributed by atoms with Crippen LogP contribution in [0.5, 0.6) is 0 Å². The largest absolute Gasteiger partial charge is 0.464 e. The lowest BCUT2D eigenvalue weighted by Gasteiger charge is -2.06. The van der Waals surface area contributed by atoms with Gasteiger partial charge in [-0.2, -0.15) is 0 Å². The van der Waals surface area contributed by atoms with Crippen LogP contribution in [0.3, 0.4) is 0 Å². The van der Waals surface area contributed by atoms with Crippen LogP contribution < -0.4 is 5.32 Å². The molecule has 0 saturated carbocycles. The molecule has 5 nitrogen and oxygen atoms in total. The van der Waals surface area contributed by atoms with Crippen LogP contribution in [0.1, 0.15) is 5.56 Å². The average molecular weight is 385 g/mol. The van der Waals surface area contributed by atoms with Gasteiger partial charge in [-0.3, -0.25) is 4.79 Å². The second kappa shape index (κ2) is 6.90. The summed E-state index contributed by atoms with van der Waals surface area (Å²) in [5, 5.41) is 12.1. The molecule has 1 N–H and O–H groups in total. The van der Waals surface area contributed by atoms with Crippen molar-refractivity contribution in [2.24, 2.45) is 0 Å². The van der Waals surface area contributed by atoms with Gasteiger partial charge in [-0.05, 0) is 40.5 Å². The zero-order valence-electron chi connectivity index (χ0n) is 14.8. The first-order chi connectivity index (χ1) is 13.8. The van der Waals surface area contributed by atoms with E-state index in [1.807, 2.05) is 53.9 Å². The number of amides is 1. The summed E-state index contributed by atoms with van der Waals surface area (Å²) in [7, 11) is 0. The molecule has 0 aliphatic carbocycles. The number of benzene rings is 3. The van der Waals surface area contributed by atoms with E-state index in [1.54, 1.807) is 6.26 Å². The van der Waals surface area contributed by atoms with Gasteiger partial charge in [0.2, 0.25) is 5.91 Å². The molecule has 5 aromatic rings. The summed E-state index contributed by atoms with van der Waals surface area (Å²) in [4.78, 5) is 12.6. The molecule has 136 valence electrons. The smallest absolute Gasteiger partial charge is 0.228 e. The summed E-state index contributed by atoms with van der Waals surface area (Å²) < 4.78 is 9.54. The number of carbonyl (C=O) groups excluding carboxylic acids is 1.